The van der Waals surface area contributed by atoms with Crippen LogP contribution in [0.2, 0.25) is 0 Å². The second-order valence-electron chi connectivity index (χ2n) is 9.13. The third kappa shape index (κ3) is 4.45. The van der Waals surface area contributed by atoms with Crippen LogP contribution < -0.4 is 0 Å². The molecule has 1 saturated heterocycles. The summed E-state index contributed by atoms with van der Waals surface area (Å²) in [6.45, 7) is 6.94. The molecule has 2 aromatic rings. The Kier molecular flexibility index (Phi) is 6.40. The van der Waals surface area contributed by atoms with Crippen LogP contribution in [0.15, 0.2) is 30.3 Å². The smallest absolute Gasteiger partial charge is 0.168 e. The number of hydrogen-bond acceptors (Lipinski definition) is 4. The van der Waals surface area contributed by atoms with Crippen LogP contribution >= 0.6 is 0 Å². The highest BCUT2D eigenvalue weighted by Crippen LogP contribution is 2.35. The van der Waals surface area contributed by atoms with E-state index in [0.717, 1.165) is 24.8 Å². The van der Waals surface area contributed by atoms with Crippen LogP contribution in [0.1, 0.15) is 82.3 Å². The van der Waals surface area contributed by atoms with Crippen LogP contribution in [-0.2, 0) is 6.42 Å². The first-order chi connectivity index (χ1) is 13.7. The van der Waals surface area contributed by atoms with Crippen LogP contribution in [-0.4, -0.2) is 38.2 Å². The van der Waals surface area contributed by atoms with E-state index in [2.05, 4.69) is 69.3 Å². The first-order valence-corrected chi connectivity index (χ1v) is 11.3. The van der Waals surface area contributed by atoms with Crippen molar-refractivity contribution in [3.05, 3.63) is 41.7 Å². The number of likely N-dealkylation sites (tertiary alicyclic amines) is 1. The highest BCUT2D eigenvalue weighted by Gasteiger charge is 2.33. The molecule has 1 aliphatic heterocycles. The third-order valence-corrected chi connectivity index (χ3v) is 6.74. The summed E-state index contributed by atoms with van der Waals surface area (Å²) in [5, 5.41) is 13.1. The zero-order valence-corrected chi connectivity index (χ0v) is 17.5. The van der Waals surface area contributed by atoms with E-state index in [-0.39, 0.29) is 0 Å². The van der Waals surface area contributed by atoms with Gasteiger partial charge in [-0.05, 0) is 73.0 Å². The van der Waals surface area contributed by atoms with Gasteiger partial charge < -0.3 is 0 Å². The summed E-state index contributed by atoms with van der Waals surface area (Å²) < 4.78 is 2.18. The summed E-state index contributed by atoms with van der Waals surface area (Å²) >= 11 is 0. The molecule has 0 spiro atoms. The van der Waals surface area contributed by atoms with E-state index in [9.17, 15) is 0 Å². The van der Waals surface area contributed by atoms with Crippen molar-refractivity contribution in [1.82, 2.24) is 25.1 Å². The largest absolute Gasteiger partial charge is 0.293 e. The molecule has 0 N–H and O–H groups in total. The minimum absolute atomic E-state index is 0.328. The Labute approximate surface area is 169 Å². The maximum atomic E-state index is 4.54. The van der Waals surface area contributed by atoms with Crippen molar-refractivity contribution >= 4 is 0 Å². The Morgan fingerprint density at radius 3 is 2.36 bits per heavy atom. The van der Waals surface area contributed by atoms with Gasteiger partial charge in [0.05, 0.1) is 12.1 Å². The van der Waals surface area contributed by atoms with Gasteiger partial charge in [-0.1, -0.05) is 63.4 Å². The second kappa shape index (κ2) is 9.17. The Hall–Kier alpha value is -1.75. The normalized spacial score (nSPS) is 21.2. The van der Waals surface area contributed by atoms with E-state index in [1.807, 2.05) is 0 Å². The molecule has 28 heavy (non-hydrogen) atoms. The van der Waals surface area contributed by atoms with Crippen LogP contribution in [0.5, 0.6) is 0 Å². The SMILES string of the molecule is CC(C)C(c1nnnn1C1CCCCC1)N1CCC(Cc2ccccc2)CC1. The average molecular weight is 382 g/mol. The lowest BCUT2D eigenvalue weighted by atomic mass is 9.88. The molecule has 4 rings (SSSR count). The number of rotatable bonds is 6. The predicted octanol–water partition coefficient (Wildman–Crippen LogP) is 4.83. The molecule has 1 unspecified atom stereocenters. The maximum Gasteiger partial charge on any atom is 0.168 e. The Morgan fingerprint density at radius 2 is 1.68 bits per heavy atom. The Bertz CT molecular complexity index is 712. The molecular weight excluding hydrogens is 346 g/mol. The fourth-order valence-electron chi connectivity index (χ4n) is 5.25. The topological polar surface area (TPSA) is 46.8 Å². The molecule has 0 amide bonds. The Balaban J connectivity index is 1.43. The number of benzene rings is 1. The number of piperidine rings is 1. The van der Waals surface area contributed by atoms with Crippen LogP contribution in [0.25, 0.3) is 0 Å². The van der Waals surface area contributed by atoms with E-state index in [4.69, 9.17) is 0 Å². The van der Waals surface area contributed by atoms with Gasteiger partial charge >= 0.3 is 0 Å². The molecule has 0 bridgehead atoms. The lowest BCUT2D eigenvalue weighted by Gasteiger charge is -2.39. The summed E-state index contributed by atoms with van der Waals surface area (Å²) in [6.07, 6.45) is 10.2. The molecule has 1 aromatic heterocycles. The molecule has 0 radical (unpaired) electrons. The lowest BCUT2D eigenvalue weighted by Crippen LogP contribution is -2.40. The molecule has 1 aromatic carbocycles. The molecular formula is C23H35N5. The minimum atomic E-state index is 0.328. The number of tetrazole rings is 1. The first kappa shape index (κ1) is 19.6. The molecule has 5 nitrogen and oxygen atoms in total. The van der Waals surface area contributed by atoms with E-state index < -0.39 is 0 Å². The van der Waals surface area contributed by atoms with Gasteiger partial charge in [-0.3, -0.25) is 4.90 Å². The molecule has 5 heteroatoms. The standard InChI is InChI=1S/C23H35N5/c1-18(2)22(23-24-25-26-28(23)21-11-7-4-8-12-21)27-15-13-20(14-16-27)17-19-9-5-3-6-10-19/h3,5-6,9-10,18,20-22H,4,7-8,11-17H2,1-2H3. The highest BCUT2D eigenvalue weighted by atomic mass is 15.6. The van der Waals surface area contributed by atoms with E-state index in [1.165, 1.54) is 56.9 Å². The number of aromatic nitrogens is 4. The average Bonchev–Trinajstić information content (AvgIpc) is 3.20. The fraction of sp³-hybridized carbons (Fsp3) is 0.696. The lowest BCUT2D eigenvalue weighted by molar-refractivity contribution is 0.0926. The molecule has 2 heterocycles. The molecule has 152 valence electrons. The summed E-state index contributed by atoms with van der Waals surface area (Å²) in [7, 11) is 0. The van der Waals surface area contributed by atoms with E-state index in [1.54, 1.807) is 0 Å². The van der Waals surface area contributed by atoms with Gasteiger partial charge in [0.1, 0.15) is 0 Å². The second-order valence-corrected chi connectivity index (χ2v) is 9.13. The summed E-state index contributed by atoms with van der Waals surface area (Å²) in [5.74, 6) is 2.41. The zero-order valence-electron chi connectivity index (χ0n) is 17.5. The first-order valence-electron chi connectivity index (χ1n) is 11.3. The molecule has 1 saturated carbocycles. The Morgan fingerprint density at radius 1 is 0.964 bits per heavy atom. The van der Waals surface area contributed by atoms with Crippen molar-refractivity contribution in [2.45, 2.75) is 77.3 Å². The van der Waals surface area contributed by atoms with Crippen LogP contribution in [0, 0.1) is 11.8 Å². The van der Waals surface area contributed by atoms with Gasteiger partial charge in [-0.15, -0.1) is 5.10 Å². The van der Waals surface area contributed by atoms with Crippen molar-refractivity contribution in [1.29, 1.82) is 0 Å². The summed E-state index contributed by atoms with van der Waals surface area (Å²) in [4.78, 5) is 2.65. The van der Waals surface area contributed by atoms with E-state index in [0.29, 0.717) is 18.0 Å². The number of hydrogen-bond donors (Lipinski definition) is 0. The zero-order chi connectivity index (χ0) is 19.3. The van der Waals surface area contributed by atoms with E-state index >= 15 is 0 Å². The van der Waals surface area contributed by atoms with Crippen molar-refractivity contribution < 1.29 is 0 Å². The number of nitrogens with zero attached hydrogens (tertiary/aromatic N) is 5. The highest BCUT2D eigenvalue weighted by molar-refractivity contribution is 5.15. The van der Waals surface area contributed by atoms with Crippen molar-refractivity contribution in [2.24, 2.45) is 11.8 Å². The van der Waals surface area contributed by atoms with Gasteiger partial charge in [0, 0.05) is 0 Å². The quantitative estimate of drug-likeness (QED) is 0.719. The minimum Gasteiger partial charge on any atom is -0.293 e. The monoisotopic (exact) mass is 381 g/mol. The van der Waals surface area contributed by atoms with Gasteiger partial charge in [0.15, 0.2) is 5.82 Å². The summed E-state index contributed by atoms with van der Waals surface area (Å²) in [5.41, 5.74) is 1.47. The van der Waals surface area contributed by atoms with Crippen molar-refractivity contribution in [3.8, 4) is 0 Å². The van der Waals surface area contributed by atoms with Gasteiger partial charge in [-0.25, -0.2) is 4.68 Å². The molecule has 2 fully saturated rings. The summed E-state index contributed by atoms with van der Waals surface area (Å²) in [6, 6.07) is 11.8. The molecule has 2 aliphatic rings. The van der Waals surface area contributed by atoms with Gasteiger partial charge in [-0.2, -0.15) is 0 Å². The van der Waals surface area contributed by atoms with Gasteiger partial charge in [0.2, 0.25) is 0 Å². The molecule has 1 atom stereocenters. The van der Waals surface area contributed by atoms with Crippen molar-refractivity contribution in [3.63, 3.8) is 0 Å². The third-order valence-electron chi connectivity index (χ3n) is 6.74. The van der Waals surface area contributed by atoms with Crippen LogP contribution in [0.3, 0.4) is 0 Å². The van der Waals surface area contributed by atoms with Crippen LogP contribution in [0.4, 0.5) is 0 Å². The molecule has 1 aliphatic carbocycles. The fourth-order valence-corrected chi connectivity index (χ4v) is 5.25. The maximum absolute atomic E-state index is 4.54. The van der Waals surface area contributed by atoms with Gasteiger partial charge in [0.25, 0.3) is 0 Å². The predicted molar refractivity (Wildman–Crippen MR) is 112 cm³/mol. The van der Waals surface area contributed by atoms with Crippen molar-refractivity contribution in [2.75, 3.05) is 13.1 Å².